The molecule has 0 aliphatic carbocycles. The van der Waals surface area contributed by atoms with Crippen molar-refractivity contribution in [2.45, 2.75) is 26.2 Å². The summed E-state index contributed by atoms with van der Waals surface area (Å²) in [5, 5.41) is 5.56. The van der Waals surface area contributed by atoms with E-state index in [1.165, 1.54) is 0 Å². The number of nitrogens with one attached hydrogen (secondary N) is 1. The lowest BCUT2D eigenvalue weighted by Crippen LogP contribution is -2.45. The molecule has 47 heavy (non-hydrogen) atoms. The summed E-state index contributed by atoms with van der Waals surface area (Å²) < 4.78 is 23.8. The molecular formula is C38H42N4O5. The Kier molecular flexibility index (Phi) is 9.20. The maximum Gasteiger partial charge on any atom is 0.256 e. The van der Waals surface area contributed by atoms with Crippen LogP contribution in [0.3, 0.4) is 0 Å². The van der Waals surface area contributed by atoms with Gasteiger partial charge in [0.05, 0.1) is 25.4 Å². The summed E-state index contributed by atoms with van der Waals surface area (Å²) in [7, 11) is 5.37. The fourth-order valence-electron chi connectivity index (χ4n) is 5.74. The van der Waals surface area contributed by atoms with Crippen LogP contribution in [0.5, 0.6) is 28.7 Å². The van der Waals surface area contributed by atoms with Crippen molar-refractivity contribution in [3.63, 3.8) is 0 Å². The molecule has 1 N–H and O–H groups in total. The number of ether oxygens (including phenoxy) is 4. The topological polar surface area (TPSA) is 85.4 Å². The van der Waals surface area contributed by atoms with Gasteiger partial charge in [0, 0.05) is 49.4 Å². The highest BCUT2D eigenvalue weighted by Crippen LogP contribution is 2.38. The van der Waals surface area contributed by atoms with Crippen LogP contribution in [0, 0.1) is 0 Å². The van der Waals surface area contributed by atoms with Crippen LogP contribution in [-0.4, -0.2) is 74.9 Å². The number of fused-ring (bicyclic) bond motifs is 2. The summed E-state index contributed by atoms with van der Waals surface area (Å²) >= 11 is 0. The molecule has 0 bridgehead atoms. The fraction of sp³-hybridized carbons (Fsp3) is 0.316. The Balaban J connectivity index is 1.23. The molecule has 1 aromatic heterocycles. The van der Waals surface area contributed by atoms with Crippen molar-refractivity contribution < 1.29 is 23.7 Å². The molecule has 244 valence electrons. The van der Waals surface area contributed by atoms with E-state index >= 15 is 0 Å². The molecule has 6 rings (SSSR count). The maximum atomic E-state index is 13.6. The standard InChI is InChI=1S/C38H42N4O5/c1-38(2,3)26-10-13-34(44-5)32(21-26)40-37(43)29-9-7-8-25-20-27(11-12-28(25)29)47-33-14-15-39-31-23-36(35(45-6)22-30(31)33)46-24-42-18-16-41(4)17-19-42/h7-15,20-23H,16-19,24H2,1-6H3,(H,40,43). The largest absolute Gasteiger partial charge is 0.495 e. The molecule has 9 heteroatoms. The van der Waals surface area contributed by atoms with Gasteiger partial charge in [0.2, 0.25) is 0 Å². The first-order chi connectivity index (χ1) is 22.6. The summed E-state index contributed by atoms with van der Waals surface area (Å²) in [5.74, 6) is 2.92. The zero-order valence-electron chi connectivity index (χ0n) is 27.9. The van der Waals surface area contributed by atoms with Crippen LogP contribution in [0.2, 0.25) is 0 Å². The lowest BCUT2D eigenvalue weighted by atomic mass is 9.87. The number of anilines is 1. The zero-order valence-corrected chi connectivity index (χ0v) is 27.9. The average Bonchev–Trinajstić information content (AvgIpc) is 3.07. The van der Waals surface area contributed by atoms with E-state index in [1.54, 1.807) is 20.4 Å². The monoisotopic (exact) mass is 634 g/mol. The molecule has 5 aromatic rings. The third kappa shape index (κ3) is 7.11. The van der Waals surface area contributed by atoms with Gasteiger partial charge in [-0.15, -0.1) is 0 Å². The van der Waals surface area contributed by atoms with Gasteiger partial charge < -0.3 is 29.2 Å². The van der Waals surface area contributed by atoms with Crippen LogP contribution in [-0.2, 0) is 5.41 Å². The van der Waals surface area contributed by atoms with Gasteiger partial charge in [-0.25, -0.2) is 0 Å². The maximum absolute atomic E-state index is 13.6. The molecule has 0 spiro atoms. The first-order valence-electron chi connectivity index (χ1n) is 15.8. The Hall–Kier alpha value is -4.86. The Morgan fingerprint density at radius 3 is 2.36 bits per heavy atom. The number of methoxy groups -OCH3 is 2. The van der Waals surface area contributed by atoms with Crippen molar-refractivity contribution >= 4 is 33.3 Å². The van der Waals surface area contributed by atoms with Gasteiger partial charge in [-0.05, 0) is 77.3 Å². The van der Waals surface area contributed by atoms with E-state index in [9.17, 15) is 4.79 Å². The van der Waals surface area contributed by atoms with Gasteiger partial charge in [0.15, 0.2) is 11.5 Å². The first kappa shape index (κ1) is 32.1. The highest BCUT2D eigenvalue weighted by molar-refractivity contribution is 6.13. The molecule has 0 atom stereocenters. The zero-order chi connectivity index (χ0) is 33.1. The number of likely N-dealkylation sites (N-methyl/N-ethyl adjacent to an activating group) is 1. The molecular weight excluding hydrogens is 592 g/mol. The molecule has 4 aromatic carbocycles. The molecule has 0 unspecified atom stereocenters. The van der Waals surface area contributed by atoms with E-state index in [2.05, 4.69) is 47.9 Å². The second-order valence-electron chi connectivity index (χ2n) is 12.9. The molecule has 1 aliphatic rings. The van der Waals surface area contributed by atoms with Gasteiger partial charge in [-0.3, -0.25) is 14.7 Å². The highest BCUT2D eigenvalue weighted by Gasteiger charge is 2.20. The molecule has 0 saturated carbocycles. The van der Waals surface area contributed by atoms with Gasteiger partial charge in [-0.1, -0.05) is 39.0 Å². The number of rotatable bonds is 9. The van der Waals surface area contributed by atoms with Crippen molar-refractivity contribution in [3.05, 3.63) is 90.1 Å². The summed E-state index contributed by atoms with van der Waals surface area (Å²) in [6.45, 7) is 10.9. The SMILES string of the molecule is COc1ccc(C(C)(C)C)cc1NC(=O)c1cccc2cc(Oc3ccnc4cc(OCN5CCN(C)CC5)c(OC)cc34)ccc12. The van der Waals surface area contributed by atoms with Crippen LogP contribution in [0.25, 0.3) is 21.7 Å². The minimum absolute atomic E-state index is 0.0759. The van der Waals surface area contributed by atoms with Crippen LogP contribution >= 0.6 is 0 Å². The Labute approximate surface area is 276 Å². The molecule has 9 nitrogen and oxygen atoms in total. The highest BCUT2D eigenvalue weighted by atomic mass is 16.5. The van der Waals surface area contributed by atoms with Gasteiger partial charge in [-0.2, -0.15) is 0 Å². The first-order valence-corrected chi connectivity index (χ1v) is 15.8. The van der Waals surface area contributed by atoms with Crippen LogP contribution in [0.4, 0.5) is 5.69 Å². The van der Waals surface area contributed by atoms with Gasteiger partial charge in [0.1, 0.15) is 24.0 Å². The lowest BCUT2D eigenvalue weighted by molar-refractivity contribution is 0.0747. The Bertz CT molecular complexity index is 1910. The van der Waals surface area contributed by atoms with Crippen molar-refractivity contribution in [3.8, 4) is 28.7 Å². The van der Waals surface area contributed by atoms with E-state index in [1.807, 2.05) is 72.8 Å². The van der Waals surface area contributed by atoms with E-state index in [-0.39, 0.29) is 11.3 Å². The number of hydrogen-bond acceptors (Lipinski definition) is 8. The normalized spacial score (nSPS) is 14.3. The number of carbonyl (C=O) groups excluding carboxylic acids is 1. The second-order valence-corrected chi connectivity index (χ2v) is 12.9. The average molecular weight is 635 g/mol. The van der Waals surface area contributed by atoms with Gasteiger partial charge >= 0.3 is 0 Å². The predicted molar refractivity (Wildman–Crippen MR) is 187 cm³/mol. The van der Waals surface area contributed by atoms with Crippen LogP contribution in [0.1, 0.15) is 36.7 Å². The molecule has 2 heterocycles. The number of piperazine rings is 1. The summed E-state index contributed by atoms with van der Waals surface area (Å²) in [4.78, 5) is 22.8. The molecule has 1 aliphatic heterocycles. The minimum Gasteiger partial charge on any atom is -0.495 e. The van der Waals surface area contributed by atoms with Crippen LogP contribution in [0.15, 0.2) is 79.0 Å². The predicted octanol–water partition coefficient (Wildman–Crippen LogP) is 7.33. The van der Waals surface area contributed by atoms with Crippen molar-refractivity contribution in [1.29, 1.82) is 0 Å². The quantitative estimate of drug-likeness (QED) is 0.180. The van der Waals surface area contributed by atoms with Crippen molar-refractivity contribution in [1.82, 2.24) is 14.8 Å². The number of carbonyl (C=O) groups is 1. The summed E-state index contributed by atoms with van der Waals surface area (Å²) in [6.07, 6.45) is 1.72. The number of pyridine rings is 1. The Morgan fingerprint density at radius 1 is 0.830 bits per heavy atom. The van der Waals surface area contributed by atoms with E-state index in [4.69, 9.17) is 18.9 Å². The van der Waals surface area contributed by atoms with E-state index in [0.29, 0.717) is 46.7 Å². The van der Waals surface area contributed by atoms with Crippen molar-refractivity contribution in [2.24, 2.45) is 0 Å². The fourth-order valence-corrected chi connectivity index (χ4v) is 5.74. The minimum atomic E-state index is -0.216. The number of amides is 1. The van der Waals surface area contributed by atoms with Crippen molar-refractivity contribution in [2.75, 3.05) is 59.5 Å². The smallest absolute Gasteiger partial charge is 0.256 e. The van der Waals surface area contributed by atoms with E-state index in [0.717, 1.165) is 53.4 Å². The third-order valence-corrected chi connectivity index (χ3v) is 8.62. The summed E-state index contributed by atoms with van der Waals surface area (Å²) in [6, 6.07) is 22.9. The molecule has 1 fully saturated rings. The third-order valence-electron chi connectivity index (χ3n) is 8.62. The Morgan fingerprint density at radius 2 is 1.62 bits per heavy atom. The number of aromatic nitrogens is 1. The molecule has 1 amide bonds. The molecule has 0 radical (unpaired) electrons. The number of benzene rings is 4. The summed E-state index contributed by atoms with van der Waals surface area (Å²) in [5.41, 5.74) is 2.95. The number of nitrogens with zero attached hydrogens (tertiary/aromatic N) is 3. The number of hydrogen-bond donors (Lipinski definition) is 1. The van der Waals surface area contributed by atoms with Crippen LogP contribution < -0.4 is 24.3 Å². The van der Waals surface area contributed by atoms with Gasteiger partial charge in [0.25, 0.3) is 5.91 Å². The van der Waals surface area contributed by atoms with E-state index < -0.39 is 0 Å². The lowest BCUT2D eigenvalue weighted by Gasteiger charge is -2.32. The molecule has 1 saturated heterocycles. The second kappa shape index (κ2) is 13.5.